The van der Waals surface area contributed by atoms with Crippen LogP contribution in [-0.4, -0.2) is 23.9 Å². The predicted molar refractivity (Wildman–Crippen MR) is 73.2 cm³/mol. The molecule has 1 aromatic carbocycles. The van der Waals surface area contributed by atoms with Gasteiger partial charge in [0.1, 0.15) is 5.82 Å². The molecule has 0 atom stereocenters. The molecule has 3 heteroatoms. The Labute approximate surface area is 106 Å². The summed E-state index contributed by atoms with van der Waals surface area (Å²) in [5, 5.41) is 1.03. The van der Waals surface area contributed by atoms with Gasteiger partial charge in [-0.25, -0.2) is 4.98 Å². The van der Waals surface area contributed by atoms with Crippen molar-refractivity contribution >= 4 is 22.5 Å². The molecule has 92 valence electrons. The molecule has 18 heavy (non-hydrogen) atoms. The summed E-state index contributed by atoms with van der Waals surface area (Å²) < 4.78 is 0. The van der Waals surface area contributed by atoms with Crippen molar-refractivity contribution in [2.75, 3.05) is 18.0 Å². The molecule has 2 heterocycles. The highest BCUT2D eigenvalue weighted by Gasteiger charge is 2.19. The van der Waals surface area contributed by atoms with Crippen LogP contribution in [0.3, 0.4) is 0 Å². The van der Waals surface area contributed by atoms with Gasteiger partial charge in [0.2, 0.25) is 0 Å². The molecular weight excluding hydrogens is 224 g/mol. The molecule has 0 radical (unpaired) electrons. The van der Waals surface area contributed by atoms with Crippen molar-refractivity contribution < 1.29 is 4.79 Å². The van der Waals surface area contributed by atoms with E-state index in [2.05, 4.69) is 9.88 Å². The first-order valence-corrected chi connectivity index (χ1v) is 6.41. The minimum Gasteiger partial charge on any atom is -0.356 e. The van der Waals surface area contributed by atoms with Gasteiger partial charge < -0.3 is 4.90 Å². The van der Waals surface area contributed by atoms with Gasteiger partial charge >= 0.3 is 0 Å². The Morgan fingerprint density at radius 2 is 1.94 bits per heavy atom. The first kappa shape index (κ1) is 11.2. The lowest BCUT2D eigenvalue weighted by Crippen LogP contribution is -2.21. The highest BCUT2D eigenvalue weighted by atomic mass is 16.1. The number of rotatable bonds is 2. The topological polar surface area (TPSA) is 33.2 Å². The van der Waals surface area contributed by atoms with E-state index < -0.39 is 0 Å². The van der Waals surface area contributed by atoms with E-state index in [0.717, 1.165) is 35.4 Å². The molecule has 1 saturated heterocycles. The van der Waals surface area contributed by atoms with Crippen LogP contribution in [-0.2, 0) is 0 Å². The van der Waals surface area contributed by atoms with Crippen LogP contribution in [0.1, 0.15) is 30.1 Å². The molecule has 0 aliphatic carbocycles. The van der Waals surface area contributed by atoms with Crippen molar-refractivity contribution in [1.29, 1.82) is 0 Å². The lowest BCUT2D eigenvalue weighted by Gasteiger charge is -2.19. The van der Waals surface area contributed by atoms with Crippen LogP contribution in [0.4, 0.5) is 5.82 Å². The van der Waals surface area contributed by atoms with E-state index in [1.807, 2.05) is 30.3 Å². The Bertz CT molecular complexity index is 600. The van der Waals surface area contributed by atoms with E-state index in [0.29, 0.717) is 0 Å². The summed E-state index contributed by atoms with van der Waals surface area (Å²) in [6.45, 7) is 3.63. The van der Waals surface area contributed by atoms with Gasteiger partial charge in [0.05, 0.1) is 11.1 Å². The zero-order valence-electron chi connectivity index (χ0n) is 10.5. The number of hydrogen-bond acceptors (Lipinski definition) is 3. The smallest absolute Gasteiger partial charge is 0.163 e. The SMILES string of the molecule is CC(=O)c1cc2ccccc2nc1N1CCCC1. The maximum atomic E-state index is 11.8. The van der Waals surface area contributed by atoms with E-state index in [1.54, 1.807) is 6.92 Å². The number of hydrogen-bond donors (Lipinski definition) is 0. The Hall–Kier alpha value is -1.90. The van der Waals surface area contributed by atoms with Crippen LogP contribution in [0.15, 0.2) is 30.3 Å². The van der Waals surface area contributed by atoms with Gasteiger partial charge in [-0.15, -0.1) is 0 Å². The summed E-state index contributed by atoms with van der Waals surface area (Å²) in [5.41, 5.74) is 1.71. The fraction of sp³-hybridized carbons (Fsp3) is 0.333. The molecule has 0 saturated carbocycles. The van der Waals surface area contributed by atoms with Gasteiger partial charge in [0, 0.05) is 18.5 Å². The van der Waals surface area contributed by atoms with E-state index in [-0.39, 0.29) is 5.78 Å². The number of aromatic nitrogens is 1. The van der Waals surface area contributed by atoms with Gasteiger partial charge in [0.25, 0.3) is 0 Å². The molecular formula is C15H16N2O. The van der Waals surface area contributed by atoms with Crippen molar-refractivity contribution in [3.05, 3.63) is 35.9 Å². The third-order valence-electron chi connectivity index (χ3n) is 3.49. The van der Waals surface area contributed by atoms with Gasteiger partial charge in [-0.1, -0.05) is 18.2 Å². The molecule has 3 nitrogen and oxygen atoms in total. The molecule has 0 amide bonds. The molecule has 3 rings (SSSR count). The molecule has 0 unspecified atom stereocenters. The van der Waals surface area contributed by atoms with E-state index >= 15 is 0 Å². The predicted octanol–water partition coefficient (Wildman–Crippen LogP) is 3.04. The average molecular weight is 240 g/mol. The molecule has 0 bridgehead atoms. The zero-order chi connectivity index (χ0) is 12.5. The summed E-state index contributed by atoms with van der Waals surface area (Å²) in [7, 11) is 0. The van der Waals surface area contributed by atoms with Gasteiger partial charge in [-0.2, -0.15) is 0 Å². The second-order valence-electron chi connectivity index (χ2n) is 4.80. The quantitative estimate of drug-likeness (QED) is 0.756. The molecule has 2 aromatic rings. The second kappa shape index (κ2) is 4.41. The fourth-order valence-corrected chi connectivity index (χ4v) is 2.53. The highest BCUT2D eigenvalue weighted by molar-refractivity contribution is 6.02. The molecule has 1 aliphatic rings. The van der Waals surface area contributed by atoms with Crippen molar-refractivity contribution in [2.45, 2.75) is 19.8 Å². The minimum absolute atomic E-state index is 0.0927. The van der Waals surface area contributed by atoms with E-state index in [4.69, 9.17) is 0 Å². The molecule has 0 N–H and O–H groups in total. The number of benzene rings is 1. The second-order valence-corrected chi connectivity index (χ2v) is 4.80. The van der Waals surface area contributed by atoms with Gasteiger partial charge in [-0.05, 0) is 31.9 Å². The summed E-state index contributed by atoms with van der Waals surface area (Å²) in [6.07, 6.45) is 2.37. The zero-order valence-corrected chi connectivity index (χ0v) is 10.5. The molecule has 1 aromatic heterocycles. The van der Waals surface area contributed by atoms with Crippen LogP contribution < -0.4 is 4.90 Å². The number of nitrogens with zero attached hydrogens (tertiary/aromatic N) is 2. The number of carbonyl (C=O) groups is 1. The Morgan fingerprint density at radius 3 is 2.67 bits per heavy atom. The standard InChI is InChI=1S/C15H16N2O/c1-11(18)13-10-12-6-2-3-7-14(12)16-15(13)17-8-4-5-9-17/h2-3,6-7,10H,4-5,8-9H2,1H3. The van der Waals surface area contributed by atoms with E-state index in [1.165, 1.54) is 12.8 Å². The summed E-state index contributed by atoms with van der Waals surface area (Å²) in [6, 6.07) is 9.93. The number of fused-ring (bicyclic) bond motifs is 1. The summed E-state index contributed by atoms with van der Waals surface area (Å²) in [4.78, 5) is 18.7. The van der Waals surface area contributed by atoms with Crippen molar-refractivity contribution in [1.82, 2.24) is 4.98 Å². The lowest BCUT2D eigenvalue weighted by molar-refractivity contribution is 0.101. The highest BCUT2D eigenvalue weighted by Crippen LogP contribution is 2.26. The molecule has 0 spiro atoms. The number of pyridine rings is 1. The van der Waals surface area contributed by atoms with Crippen molar-refractivity contribution in [3.8, 4) is 0 Å². The Balaban J connectivity index is 2.20. The van der Waals surface area contributed by atoms with Crippen molar-refractivity contribution in [3.63, 3.8) is 0 Å². The lowest BCUT2D eigenvalue weighted by atomic mass is 10.1. The maximum absolute atomic E-state index is 11.8. The number of Topliss-reactive ketones (excluding diaryl/α,β-unsaturated/α-hetero) is 1. The Kier molecular flexibility index (Phi) is 2.74. The van der Waals surface area contributed by atoms with Crippen LogP contribution in [0.25, 0.3) is 10.9 Å². The number of ketones is 1. The maximum Gasteiger partial charge on any atom is 0.163 e. The van der Waals surface area contributed by atoms with Crippen LogP contribution in [0.2, 0.25) is 0 Å². The first-order chi connectivity index (χ1) is 8.75. The monoisotopic (exact) mass is 240 g/mol. The van der Waals surface area contributed by atoms with Crippen LogP contribution >= 0.6 is 0 Å². The third-order valence-corrected chi connectivity index (χ3v) is 3.49. The van der Waals surface area contributed by atoms with E-state index in [9.17, 15) is 4.79 Å². The first-order valence-electron chi connectivity index (χ1n) is 6.41. The number of para-hydroxylation sites is 1. The largest absolute Gasteiger partial charge is 0.356 e. The molecule has 1 fully saturated rings. The van der Waals surface area contributed by atoms with Gasteiger partial charge in [-0.3, -0.25) is 4.79 Å². The fourth-order valence-electron chi connectivity index (χ4n) is 2.53. The van der Waals surface area contributed by atoms with Crippen molar-refractivity contribution in [2.24, 2.45) is 0 Å². The molecule has 1 aliphatic heterocycles. The summed E-state index contributed by atoms with van der Waals surface area (Å²) in [5.74, 6) is 0.953. The summed E-state index contributed by atoms with van der Waals surface area (Å²) >= 11 is 0. The Morgan fingerprint density at radius 1 is 1.22 bits per heavy atom. The van der Waals surface area contributed by atoms with Gasteiger partial charge in [0.15, 0.2) is 5.78 Å². The minimum atomic E-state index is 0.0927. The third kappa shape index (κ3) is 1.86. The van der Waals surface area contributed by atoms with Crippen LogP contribution in [0, 0.1) is 0 Å². The van der Waals surface area contributed by atoms with Crippen LogP contribution in [0.5, 0.6) is 0 Å². The number of carbonyl (C=O) groups excluding carboxylic acids is 1. The average Bonchev–Trinajstić information content (AvgIpc) is 2.91. The normalized spacial score (nSPS) is 15.3. The number of anilines is 1.